The minimum Gasteiger partial charge on any atom is -0.479 e. The maximum Gasteiger partial charge on any atom is 0.343 e. The van der Waals surface area contributed by atoms with Crippen LogP contribution in [0.4, 0.5) is 4.39 Å². The normalized spacial score (nSPS) is 24.0. The molecule has 2 heterocycles. The monoisotopic (exact) mass is 242 g/mol. The highest BCUT2D eigenvalue weighted by Crippen LogP contribution is 2.27. The van der Waals surface area contributed by atoms with E-state index in [1.165, 1.54) is 6.07 Å². The minimum atomic E-state index is -2.36. The lowest BCUT2D eigenvalue weighted by Crippen LogP contribution is -2.38. The molecule has 17 heavy (non-hydrogen) atoms. The van der Waals surface area contributed by atoms with Crippen LogP contribution in [0.1, 0.15) is 22.7 Å². The molecule has 1 fully saturated rings. The van der Waals surface area contributed by atoms with Crippen molar-refractivity contribution in [3.8, 4) is 0 Å². The van der Waals surface area contributed by atoms with Gasteiger partial charge in [0.05, 0.1) is 12.2 Å². The number of carbonyl (C=O) groups is 2. The SMILES string of the molecule is Cc1cc(C(=O)N2CCC(F)(C(=O)O)C2)on1. The fourth-order valence-corrected chi connectivity index (χ4v) is 1.74. The third-order valence-corrected chi connectivity index (χ3v) is 2.73. The number of carbonyl (C=O) groups excluding carboxylic acids is 1. The Hall–Kier alpha value is -1.92. The van der Waals surface area contributed by atoms with Crippen LogP contribution in [-0.2, 0) is 4.79 Å². The Kier molecular flexibility index (Phi) is 2.60. The van der Waals surface area contributed by atoms with E-state index in [9.17, 15) is 14.0 Å². The first-order valence-electron chi connectivity index (χ1n) is 5.07. The fourth-order valence-electron chi connectivity index (χ4n) is 1.74. The van der Waals surface area contributed by atoms with Gasteiger partial charge >= 0.3 is 5.97 Å². The lowest BCUT2D eigenvalue weighted by molar-refractivity contribution is -0.149. The Balaban J connectivity index is 2.11. The third kappa shape index (κ3) is 2.00. The predicted molar refractivity (Wildman–Crippen MR) is 53.2 cm³/mol. The molecule has 2 rings (SSSR count). The molecule has 1 aromatic rings. The van der Waals surface area contributed by atoms with Crippen molar-refractivity contribution >= 4 is 11.9 Å². The standard InChI is InChI=1S/C10H11FN2O4/c1-6-4-7(17-12-6)8(14)13-3-2-10(11,5-13)9(15)16/h4H,2-3,5H2,1H3,(H,15,16). The Bertz CT molecular complexity index is 473. The predicted octanol–water partition coefficient (Wildman–Crippen LogP) is 0.622. The van der Waals surface area contributed by atoms with E-state index in [0.29, 0.717) is 5.69 Å². The third-order valence-electron chi connectivity index (χ3n) is 2.73. The first-order chi connectivity index (χ1) is 7.92. The maximum absolute atomic E-state index is 13.7. The molecule has 0 aromatic carbocycles. The molecule has 1 N–H and O–H groups in total. The van der Waals surface area contributed by atoms with Crippen molar-refractivity contribution in [2.75, 3.05) is 13.1 Å². The lowest BCUT2D eigenvalue weighted by atomic mass is 10.1. The summed E-state index contributed by atoms with van der Waals surface area (Å²) in [6.07, 6.45) is -0.207. The summed E-state index contributed by atoms with van der Waals surface area (Å²) in [6, 6.07) is 1.43. The number of rotatable bonds is 2. The molecule has 0 saturated carbocycles. The molecule has 1 atom stereocenters. The molecule has 0 aliphatic carbocycles. The maximum atomic E-state index is 13.7. The number of aromatic nitrogens is 1. The van der Waals surface area contributed by atoms with Gasteiger partial charge in [0.15, 0.2) is 0 Å². The van der Waals surface area contributed by atoms with Gasteiger partial charge in [-0.05, 0) is 6.92 Å². The number of nitrogens with zero attached hydrogens (tertiary/aromatic N) is 2. The average Bonchev–Trinajstić information content (AvgIpc) is 2.85. The van der Waals surface area contributed by atoms with Crippen molar-refractivity contribution in [2.45, 2.75) is 19.0 Å². The second-order valence-corrected chi connectivity index (χ2v) is 4.08. The van der Waals surface area contributed by atoms with Crippen LogP contribution in [0.15, 0.2) is 10.6 Å². The number of carboxylic acid groups (broad SMARTS) is 1. The van der Waals surface area contributed by atoms with E-state index in [0.717, 1.165) is 4.90 Å². The number of likely N-dealkylation sites (tertiary alicyclic amines) is 1. The van der Waals surface area contributed by atoms with Crippen molar-refractivity contribution in [1.29, 1.82) is 0 Å². The first-order valence-corrected chi connectivity index (χ1v) is 5.07. The number of alkyl halides is 1. The molecular formula is C10H11FN2O4. The molecule has 1 aliphatic rings. The Morgan fingerprint density at radius 1 is 1.65 bits per heavy atom. The molecule has 6 nitrogen and oxygen atoms in total. The molecule has 1 amide bonds. The highest BCUT2D eigenvalue weighted by molar-refractivity contribution is 5.92. The molecule has 92 valence electrons. The van der Waals surface area contributed by atoms with Crippen molar-refractivity contribution in [3.05, 3.63) is 17.5 Å². The van der Waals surface area contributed by atoms with E-state index in [2.05, 4.69) is 5.16 Å². The highest BCUT2D eigenvalue weighted by atomic mass is 19.1. The van der Waals surface area contributed by atoms with Crippen LogP contribution in [0.2, 0.25) is 0 Å². The summed E-state index contributed by atoms with van der Waals surface area (Å²) in [4.78, 5) is 23.6. The molecule has 0 spiro atoms. The summed E-state index contributed by atoms with van der Waals surface area (Å²) in [6.45, 7) is 1.25. The summed E-state index contributed by atoms with van der Waals surface area (Å²) >= 11 is 0. The quantitative estimate of drug-likeness (QED) is 0.821. The minimum absolute atomic E-state index is 0.00265. The van der Waals surface area contributed by atoms with E-state index in [1.54, 1.807) is 6.92 Å². The van der Waals surface area contributed by atoms with E-state index in [1.807, 2.05) is 0 Å². The van der Waals surface area contributed by atoms with Crippen molar-refractivity contribution in [3.63, 3.8) is 0 Å². The van der Waals surface area contributed by atoms with Gasteiger partial charge in [0, 0.05) is 19.0 Å². The zero-order chi connectivity index (χ0) is 12.6. The highest BCUT2D eigenvalue weighted by Gasteiger charge is 2.47. The van der Waals surface area contributed by atoms with Crippen molar-refractivity contribution in [2.24, 2.45) is 0 Å². The second-order valence-electron chi connectivity index (χ2n) is 4.08. The zero-order valence-electron chi connectivity index (χ0n) is 9.14. The Morgan fingerprint density at radius 3 is 2.82 bits per heavy atom. The summed E-state index contributed by atoms with van der Waals surface area (Å²) in [5, 5.41) is 12.2. The summed E-state index contributed by atoms with van der Waals surface area (Å²) in [5.74, 6) is -2.08. The summed E-state index contributed by atoms with van der Waals surface area (Å²) in [7, 11) is 0. The number of amides is 1. The van der Waals surface area contributed by atoms with Crippen molar-refractivity contribution in [1.82, 2.24) is 10.1 Å². The van der Waals surface area contributed by atoms with Gasteiger partial charge < -0.3 is 14.5 Å². The Labute approximate surface area is 96.0 Å². The zero-order valence-corrected chi connectivity index (χ0v) is 9.14. The number of hydrogen-bond acceptors (Lipinski definition) is 4. The average molecular weight is 242 g/mol. The van der Waals surface area contributed by atoms with E-state index in [-0.39, 0.29) is 18.7 Å². The summed E-state index contributed by atoms with van der Waals surface area (Å²) < 4.78 is 18.5. The van der Waals surface area contributed by atoms with Crippen LogP contribution >= 0.6 is 0 Å². The molecular weight excluding hydrogens is 231 g/mol. The number of hydrogen-bond donors (Lipinski definition) is 1. The molecule has 1 saturated heterocycles. The Morgan fingerprint density at radius 2 is 2.35 bits per heavy atom. The van der Waals surface area contributed by atoms with Gasteiger partial charge in [-0.3, -0.25) is 4.79 Å². The topological polar surface area (TPSA) is 83.6 Å². The van der Waals surface area contributed by atoms with Crippen LogP contribution in [0.5, 0.6) is 0 Å². The van der Waals surface area contributed by atoms with Crippen LogP contribution in [0.25, 0.3) is 0 Å². The number of aryl methyl sites for hydroxylation is 1. The van der Waals surface area contributed by atoms with Crippen LogP contribution in [0.3, 0.4) is 0 Å². The van der Waals surface area contributed by atoms with Gasteiger partial charge in [-0.15, -0.1) is 0 Å². The van der Waals surface area contributed by atoms with Crippen LogP contribution in [0, 0.1) is 6.92 Å². The van der Waals surface area contributed by atoms with Crippen LogP contribution < -0.4 is 0 Å². The molecule has 1 aromatic heterocycles. The lowest BCUT2D eigenvalue weighted by Gasteiger charge is -2.15. The van der Waals surface area contributed by atoms with Gasteiger partial charge in [-0.25, -0.2) is 9.18 Å². The molecule has 0 bridgehead atoms. The van der Waals surface area contributed by atoms with Crippen LogP contribution in [-0.4, -0.2) is 45.8 Å². The van der Waals surface area contributed by atoms with Gasteiger partial charge in [-0.2, -0.15) is 0 Å². The second kappa shape index (κ2) is 3.83. The van der Waals surface area contributed by atoms with Gasteiger partial charge in [-0.1, -0.05) is 5.16 Å². The van der Waals surface area contributed by atoms with Crippen molar-refractivity contribution < 1.29 is 23.6 Å². The fraction of sp³-hybridized carbons (Fsp3) is 0.500. The van der Waals surface area contributed by atoms with Gasteiger partial charge in [0.2, 0.25) is 11.4 Å². The molecule has 1 unspecified atom stereocenters. The van der Waals surface area contributed by atoms with Gasteiger partial charge in [0.1, 0.15) is 0 Å². The smallest absolute Gasteiger partial charge is 0.343 e. The van der Waals surface area contributed by atoms with E-state index >= 15 is 0 Å². The number of aliphatic carboxylic acids is 1. The largest absolute Gasteiger partial charge is 0.479 e. The first kappa shape index (κ1) is 11.6. The number of halogens is 1. The number of carboxylic acids is 1. The molecule has 0 radical (unpaired) electrons. The summed E-state index contributed by atoms with van der Waals surface area (Å²) in [5.41, 5.74) is -1.82. The van der Waals surface area contributed by atoms with E-state index < -0.39 is 24.1 Å². The molecule has 1 aliphatic heterocycles. The molecule has 7 heteroatoms. The van der Waals surface area contributed by atoms with Gasteiger partial charge in [0.25, 0.3) is 5.91 Å². The van der Waals surface area contributed by atoms with E-state index in [4.69, 9.17) is 9.63 Å².